The van der Waals surface area contributed by atoms with Crippen LogP contribution in [0, 0.1) is 0 Å². The number of aromatic nitrogens is 2. The highest BCUT2D eigenvalue weighted by Crippen LogP contribution is 2.15. The summed E-state index contributed by atoms with van der Waals surface area (Å²) in [5.41, 5.74) is 1.07. The van der Waals surface area contributed by atoms with Gasteiger partial charge < -0.3 is 16.0 Å². The number of carbonyl (C=O) groups excluding carboxylic acids is 2. The zero-order chi connectivity index (χ0) is 16.2. The molecule has 0 bridgehead atoms. The molecule has 23 heavy (non-hydrogen) atoms. The fraction of sp³-hybridized carbons (Fsp3) is 0.188. The van der Waals surface area contributed by atoms with E-state index >= 15 is 0 Å². The first-order valence-corrected chi connectivity index (χ1v) is 7.27. The molecule has 2 aromatic rings. The number of benzene rings is 1. The zero-order valence-corrected chi connectivity index (χ0v) is 12.6. The minimum Gasteiger partial charge on any atom is -0.351 e. The molecule has 3 N–H and O–H groups in total. The molecule has 0 radical (unpaired) electrons. The summed E-state index contributed by atoms with van der Waals surface area (Å²) in [7, 11) is 0. The molecule has 0 spiro atoms. The molecule has 7 heteroatoms. The van der Waals surface area contributed by atoms with Crippen molar-refractivity contribution >= 4 is 11.8 Å². The van der Waals surface area contributed by atoms with E-state index in [1.807, 2.05) is 30.3 Å². The summed E-state index contributed by atoms with van der Waals surface area (Å²) in [4.78, 5) is 24.4. The topological polar surface area (TPSA) is 88.1 Å². The maximum atomic E-state index is 12.3. The highest BCUT2D eigenvalue weighted by molar-refractivity contribution is 5.99. The Hall–Kier alpha value is -3.09. The lowest BCUT2D eigenvalue weighted by atomic mass is 10.0. The van der Waals surface area contributed by atoms with Gasteiger partial charge in [0.25, 0.3) is 5.91 Å². The maximum Gasteiger partial charge on any atom is 0.272 e. The van der Waals surface area contributed by atoms with Gasteiger partial charge in [0.1, 0.15) is 5.70 Å². The second kappa shape index (κ2) is 6.35. The molecule has 1 aliphatic rings. The first-order valence-electron chi connectivity index (χ1n) is 7.27. The molecule has 2 atom stereocenters. The molecule has 1 aromatic carbocycles. The van der Waals surface area contributed by atoms with Gasteiger partial charge in [-0.25, -0.2) is 4.68 Å². The van der Waals surface area contributed by atoms with Crippen LogP contribution >= 0.6 is 0 Å². The van der Waals surface area contributed by atoms with Crippen molar-refractivity contribution in [3.05, 3.63) is 66.3 Å². The normalized spacial score (nSPS) is 18.4. The molecule has 118 valence electrons. The summed E-state index contributed by atoms with van der Waals surface area (Å²) >= 11 is 0. The van der Waals surface area contributed by atoms with Gasteiger partial charge in [0.15, 0.2) is 6.29 Å². The van der Waals surface area contributed by atoms with Crippen LogP contribution in [0.25, 0.3) is 0 Å². The van der Waals surface area contributed by atoms with Gasteiger partial charge in [-0.1, -0.05) is 30.3 Å². The average molecular weight is 311 g/mol. The van der Waals surface area contributed by atoms with Crippen molar-refractivity contribution in [3.8, 4) is 0 Å². The third-order valence-electron chi connectivity index (χ3n) is 3.64. The summed E-state index contributed by atoms with van der Waals surface area (Å²) in [6.07, 6.45) is 4.37. The average Bonchev–Trinajstić information content (AvgIpc) is 3.11. The molecular formula is C16H17N5O2. The number of rotatable bonds is 4. The number of carbonyl (C=O) groups is 2. The standard InChI is InChI=1S/C16H17N5O2/c1-11(12-6-3-2-4-7-12)14(22)19-13-10-17-16(20-15(13)23)21-9-5-8-18-21/h2-11,16-17H,1H3,(H,19,22)(H,20,23). The van der Waals surface area contributed by atoms with Crippen molar-refractivity contribution in [1.82, 2.24) is 25.7 Å². The first-order chi connectivity index (χ1) is 11.1. The van der Waals surface area contributed by atoms with E-state index in [1.54, 1.807) is 30.1 Å². The maximum absolute atomic E-state index is 12.3. The molecule has 7 nitrogen and oxygen atoms in total. The minimum absolute atomic E-state index is 0.182. The number of nitrogens with one attached hydrogen (secondary N) is 3. The Morgan fingerprint density at radius 3 is 2.74 bits per heavy atom. The molecular weight excluding hydrogens is 294 g/mol. The molecule has 2 unspecified atom stereocenters. The molecule has 1 aromatic heterocycles. The van der Waals surface area contributed by atoms with E-state index in [-0.39, 0.29) is 23.4 Å². The van der Waals surface area contributed by atoms with Crippen LogP contribution in [0.3, 0.4) is 0 Å². The second-order valence-electron chi connectivity index (χ2n) is 5.21. The van der Waals surface area contributed by atoms with Crippen molar-refractivity contribution in [2.75, 3.05) is 0 Å². The van der Waals surface area contributed by atoms with E-state index in [2.05, 4.69) is 21.0 Å². The lowest BCUT2D eigenvalue weighted by Gasteiger charge is -2.25. The van der Waals surface area contributed by atoms with Crippen LogP contribution in [0.4, 0.5) is 0 Å². The Balaban J connectivity index is 1.66. The smallest absolute Gasteiger partial charge is 0.272 e. The van der Waals surface area contributed by atoms with E-state index in [1.165, 1.54) is 6.20 Å². The Morgan fingerprint density at radius 1 is 1.30 bits per heavy atom. The van der Waals surface area contributed by atoms with E-state index in [4.69, 9.17) is 0 Å². The Morgan fingerprint density at radius 2 is 2.09 bits per heavy atom. The Bertz CT molecular complexity index is 724. The highest BCUT2D eigenvalue weighted by Gasteiger charge is 2.24. The van der Waals surface area contributed by atoms with E-state index in [9.17, 15) is 9.59 Å². The lowest BCUT2D eigenvalue weighted by molar-refractivity contribution is -0.125. The zero-order valence-electron chi connectivity index (χ0n) is 12.6. The van der Waals surface area contributed by atoms with Gasteiger partial charge in [-0.05, 0) is 18.6 Å². The number of hydrogen-bond acceptors (Lipinski definition) is 4. The van der Waals surface area contributed by atoms with Gasteiger partial charge in [-0.2, -0.15) is 5.10 Å². The van der Waals surface area contributed by atoms with Gasteiger partial charge in [-0.15, -0.1) is 0 Å². The predicted molar refractivity (Wildman–Crippen MR) is 83.6 cm³/mol. The van der Waals surface area contributed by atoms with Crippen LogP contribution < -0.4 is 16.0 Å². The monoisotopic (exact) mass is 311 g/mol. The van der Waals surface area contributed by atoms with Gasteiger partial charge in [0.05, 0.1) is 5.92 Å². The van der Waals surface area contributed by atoms with Crippen LogP contribution in [0.2, 0.25) is 0 Å². The van der Waals surface area contributed by atoms with E-state index < -0.39 is 6.29 Å². The largest absolute Gasteiger partial charge is 0.351 e. The SMILES string of the molecule is CC(C(=O)NC1=CNC(n2cccn2)NC1=O)c1ccccc1. The van der Waals surface area contributed by atoms with Crippen LogP contribution in [-0.4, -0.2) is 21.6 Å². The molecule has 0 saturated heterocycles. The molecule has 0 saturated carbocycles. The second-order valence-corrected chi connectivity index (χ2v) is 5.21. The van der Waals surface area contributed by atoms with Crippen LogP contribution in [0.15, 0.2) is 60.7 Å². The van der Waals surface area contributed by atoms with Crippen molar-refractivity contribution in [3.63, 3.8) is 0 Å². The fourth-order valence-electron chi connectivity index (χ4n) is 2.27. The minimum atomic E-state index is -0.468. The summed E-state index contributed by atoms with van der Waals surface area (Å²) in [6, 6.07) is 11.2. The molecule has 2 amide bonds. The number of amides is 2. The first kappa shape index (κ1) is 14.8. The van der Waals surface area contributed by atoms with Gasteiger partial charge in [0, 0.05) is 18.6 Å². The molecule has 1 aliphatic heterocycles. The highest BCUT2D eigenvalue weighted by atomic mass is 16.2. The summed E-state index contributed by atoms with van der Waals surface area (Å²) < 4.78 is 1.57. The summed E-state index contributed by atoms with van der Waals surface area (Å²) in [5.74, 6) is -0.955. The third kappa shape index (κ3) is 3.23. The van der Waals surface area contributed by atoms with Gasteiger partial charge in [-0.3, -0.25) is 9.59 Å². The summed E-state index contributed by atoms with van der Waals surface area (Å²) in [6.45, 7) is 1.80. The fourth-order valence-corrected chi connectivity index (χ4v) is 2.27. The van der Waals surface area contributed by atoms with Gasteiger partial charge >= 0.3 is 0 Å². The number of nitrogens with zero attached hydrogens (tertiary/aromatic N) is 2. The number of hydrogen-bond donors (Lipinski definition) is 3. The van der Waals surface area contributed by atoms with E-state index in [0.29, 0.717) is 0 Å². The van der Waals surface area contributed by atoms with Crippen molar-refractivity contribution in [2.24, 2.45) is 0 Å². The van der Waals surface area contributed by atoms with Crippen molar-refractivity contribution in [1.29, 1.82) is 0 Å². The van der Waals surface area contributed by atoms with E-state index in [0.717, 1.165) is 5.56 Å². The van der Waals surface area contributed by atoms with Crippen LogP contribution in [-0.2, 0) is 9.59 Å². The van der Waals surface area contributed by atoms with Crippen molar-refractivity contribution in [2.45, 2.75) is 19.1 Å². The Kier molecular flexibility index (Phi) is 4.09. The quantitative estimate of drug-likeness (QED) is 0.780. The molecule has 0 fully saturated rings. The predicted octanol–water partition coefficient (Wildman–Crippen LogP) is 0.820. The Labute approximate surface area is 133 Å². The lowest BCUT2D eigenvalue weighted by Crippen LogP contribution is -2.48. The summed E-state index contributed by atoms with van der Waals surface area (Å²) in [5, 5.41) is 12.4. The van der Waals surface area contributed by atoms with Gasteiger partial charge in [0.2, 0.25) is 5.91 Å². The molecule has 0 aliphatic carbocycles. The van der Waals surface area contributed by atoms with Crippen LogP contribution in [0.1, 0.15) is 24.7 Å². The van der Waals surface area contributed by atoms with Crippen LogP contribution in [0.5, 0.6) is 0 Å². The third-order valence-corrected chi connectivity index (χ3v) is 3.64. The van der Waals surface area contributed by atoms with Crippen molar-refractivity contribution < 1.29 is 9.59 Å². The molecule has 3 rings (SSSR count). The molecule has 2 heterocycles.